The summed E-state index contributed by atoms with van der Waals surface area (Å²) in [7, 11) is 0. The molecule has 4 heteroatoms. The van der Waals surface area contributed by atoms with Gasteiger partial charge in [0.25, 0.3) is 0 Å². The number of nitrogens with one attached hydrogen (secondary N) is 3. The molecule has 3 N–H and O–H groups in total. The molecule has 0 spiro atoms. The zero-order valence-electron chi connectivity index (χ0n) is 15.6. The van der Waals surface area contributed by atoms with Crippen LogP contribution in [-0.2, 0) is 4.79 Å². The number of anilines is 2. The van der Waals surface area contributed by atoms with Crippen LogP contribution in [-0.4, -0.2) is 25.5 Å². The van der Waals surface area contributed by atoms with Gasteiger partial charge >= 0.3 is 0 Å². The van der Waals surface area contributed by atoms with Crippen molar-refractivity contribution in [3.8, 4) is 0 Å². The average Bonchev–Trinajstić information content (AvgIpc) is 2.75. The Labute approximate surface area is 164 Å². The number of carbonyl (C=O) groups excluding carboxylic acids is 1. The van der Waals surface area contributed by atoms with Crippen molar-refractivity contribution in [2.24, 2.45) is 0 Å². The van der Waals surface area contributed by atoms with E-state index in [2.05, 4.69) is 58.4 Å². The van der Waals surface area contributed by atoms with Crippen molar-refractivity contribution in [3.63, 3.8) is 0 Å². The third-order valence-electron chi connectivity index (χ3n) is 4.78. The van der Waals surface area contributed by atoms with Crippen molar-refractivity contribution >= 4 is 38.8 Å². The van der Waals surface area contributed by atoms with Gasteiger partial charge in [0.2, 0.25) is 5.91 Å². The fraction of sp³-hybridized carbons (Fsp3) is 0.125. The van der Waals surface area contributed by atoms with Crippen LogP contribution in [0.15, 0.2) is 84.9 Å². The molecule has 0 unspecified atom stereocenters. The first-order valence-corrected chi connectivity index (χ1v) is 9.51. The molecule has 0 atom stereocenters. The van der Waals surface area contributed by atoms with E-state index in [-0.39, 0.29) is 12.5 Å². The lowest BCUT2D eigenvalue weighted by Gasteiger charge is -2.12. The average molecular weight is 369 g/mol. The molecule has 0 fully saturated rings. The highest BCUT2D eigenvalue weighted by atomic mass is 16.1. The summed E-state index contributed by atoms with van der Waals surface area (Å²) in [5.74, 6) is -0.0207. The van der Waals surface area contributed by atoms with Gasteiger partial charge in [0.05, 0.1) is 6.54 Å². The van der Waals surface area contributed by atoms with Crippen LogP contribution in [0.1, 0.15) is 0 Å². The van der Waals surface area contributed by atoms with E-state index >= 15 is 0 Å². The van der Waals surface area contributed by atoms with Gasteiger partial charge in [0, 0.05) is 35.2 Å². The van der Waals surface area contributed by atoms with Crippen molar-refractivity contribution in [2.75, 3.05) is 30.3 Å². The summed E-state index contributed by atoms with van der Waals surface area (Å²) in [6.45, 7) is 1.50. The Morgan fingerprint density at radius 2 is 1.14 bits per heavy atom. The molecule has 0 aliphatic carbocycles. The fourth-order valence-corrected chi connectivity index (χ4v) is 3.40. The van der Waals surface area contributed by atoms with Gasteiger partial charge in [-0.25, -0.2) is 0 Å². The Balaban J connectivity index is 1.27. The second-order valence-corrected chi connectivity index (χ2v) is 6.68. The number of benzene rings is 4. The van der Waals surface area contributed by atoms with Gasteiger partial charge in [-0.1, -0.05) is 72.8 Å². The van der Waals surface area contributed by atoms with Crippen LogP contribution in [0.4, 0.5) is 11.4 Å². The zero-order valence-corrected chi connectivity index (χ0v) is 15.6. The summed E-state index contributed by atoms with van der Waals surface area (Å²) in [6, 6.07) is 28.7. The zero-order chi connectivity index (χ0) is 19.2. The Hall–Kier alpha value is -3.53. The predicted molar refractivity (Wildman–Crippen MR) is 118 cm³/mol. The Morgan fingerprint density at radius 1 is 0.607 bits per heavy atom. The second kappa shape index (κ2) is 8.44. The van der Waals surface area contributed by atoms with E-state index in [1.807, 2.05) is 42.5 Å². The summed E-state index contributed by atoms with van der Waals surface area (Å²) in [4.78, 5) is 12.2. The molecule has 4 aromatic rings. The minimum absolute atomic E-state index is 0.0207. The molecule has 0 aliphatic heterocycles. The molecular formula is C24H23N3O. The molecule has 0 aromatic heterocycles. The number of hydrogen-bond acceptors (Lipinski definition) is 3. The highest BCUT2D eigenvalue weighted by Gasteiger charge is 2.04. The van der Waals surface area contributed by atoms with Crippen LogP contribution in [0.3, 0.4) is 0 Å². The molecule has 140 valence electrons. The van der Waals surface area contributed by atoms with Crippen LogP contribution in [0.25, 0.3) is 21.5 Å². The molecule has 4 aromatic carbocycles. The second-order valence-electron chi connectivity index (χ2n) is 6.68. The first kappa shape index (κ1) is 17.9. The third-order valence-corrected chi connectivity index (χ3v) is 4.78. The minimum Gasteiger partial charge on any atom is -0.383 e. The largest absolute Gasteiger partial charge is 0.383 e. The number of carbonyl (C=O) groups is 1. The molecule has 28 heavy (non-hydrogen) atoms. The standard InChI is InChI=1S/C24H23N3O/c28-24(17-27-23-14-6-10-19-8-2-4-12-21(19)23)26-16-15-25-22-13-5-9-18-7-1-3-11-20(18)22/h1-14,25,27H,15-17H2,(H,26,28). The van der Waals surface area contributed by atoms with Crippen molar-refractivity contribution in [3.05, 3.63) is 84.9 Å². The van der Waals surface area contributed by atoms with Gasteiger partial charge in [0.1, 0.15) is 0 Å². The third kappa shape index (κ3) is 4.07. The molecule has 0 saturated carbocycles. The summed E-state index contributed by atoms with van der Waals surface area (Å²) in [5.41, 5.74) is 2.06. The summed E-state index contributed by atoms with van der Waals surface area (Å²) in [6.07, 6.45) is 0. The van der Waals surface area contributed by atoms with E-state index in [1.165, 1.54) is 10.8 Å². The predicted octanol–water partition coefficient (Wildman–Crippen LogP) is 4.63. The lowest BCUT2D eigenvalue weighted by Crippen LogP contribution is -2.33. The summed E-state index contributed by atoms with van der Waals surface area (Å²) < 4.78 is 0. The van der Waals surface area contributed by atoms with Gasteiger partial charge in [-0.2, -0.15) is 0 Å². The van der Waals surface area contributed by atoms with Crippen LogP contribution < -0.4 is 16.0 Å². The van der Waals surface area contributed by atoms with E-state index < -0.39 is 0 Å². The first-order valence-electron chi connectivity index (χ1n) is 9.51. The number of fused-ring (bicyclic) bond motifs is 2. The normalized spacial score (nSPS) is 10.7. The fourth-order valence-electron chi connectivity index (χ4n) is 3.40. The Bertz CT molecular complexity index is 1100. The maximum Gasteiger partial charge on any atom is 0.239 e. The van der Waals surface area contributed by atoms with Crippen LogP contribution in [0.2, 0.25) is 0 Å². The Kier molecular flexibility index (Phi) is 5.38. The van der Waals surface area contributed by atoms with Gasteiger partial charge in [-0.3, -0.25) is 4.79 Å². The molecule has 0 saturated heterocycles. The molecular weight excluding hydrogens is 346 g/mol. The van der Waals surface area contributed by atoms with Gasteiger partial charge in [-0.15, -0.1) is 0 Å². The SMILES string of the molecule is O=C(CNc1cccc2ccccc12)NCCNc1cccc2ccccc12. The molecule has 4 rings (SSSR count). The quantitative estimate of drug-likeness (QED) is 0.416. The molecule has 1 amide bonds. The minimum atomic E-state index is -0.0207. The van der Waals surface area contributed by atoms with Gasteiger partial charge in [0.15, 0.2) is 0 Å². The van der Waals surface area contributed by atoms with E-state index in [9.17, 15) is 4.79 Å². The molecule has 0 aliphatic rings. The van der Waals surface area contributed by atoms with Crippen LogP contribution >= 0.6 is 0 Å². The van der Waals surface area contributed by atoms with Crippen molar-refractivity contribution in [1.29, 1.82) is 0 Å². The van der Waals surface area contributed by atoms with Crippen LogP contribution in [0, 0.1) is 0 Å². The van der Waals surface area contributed by atoms with Gasteiger partial charge < -0.3 is 16.0 Å². The lowest BCUT2D eigenvalue weighted by atomic mass is 10.1. The first-order chi connectivity index (χ1) is 13.8. The van der Waals surface area contributed by atoms with Crippen molar-refractivity contribution < 1.29 is 4.79 Å². The van der Waals surface area contributed by atoms with Gasteiger partial charge in [-0.05, 0) is 22.9 Å². The number of hydrogen-bond donors (Lipinski definition) is 3. The highest BCUT2D eigenvalue weighted by molar-refractivity contribution is 5.95. The number of rotatable bonds is 7. The summed E-state index contributed by atoms with van der Waals surface area (Å²) >= 11 is 0. The smallest absolute Gasteiger partial charge is 0.239 e. The molecule has 0 bridgehead atoms. The van der Waals surface area contributed by atoms with E-state index in [1.54, 1.807) is 0 Å². The van der Waals surface area contributed by atoms with Crippen LogP contribution in [0.5, 0.6) is 0 Å². The van der Waals surface area contributed by atoms with Crippen molar-refractivity contribution in [2.45, 2.75) is 0 Å². The van der Waals surface area contributed by atoms with Crippen molar-refractivity contribution in [1.82, 2.24) is 5.32 Å². The molecule has 4 nitrogen and oxygen atoms in total. The highest BCUT2D eigenvalue weighted by Crippen LogP contribution is 2.23. The Morgan fingerprint density at radius 3 is 1.79 bits per heavy atom. The molecule has 0 heterocycles. The van der Waals surface area contributed by atoms with E-state index in [0.717, 1.165) is 22.1 Å². The maximum atomic E-state index is 12.2. The maximum absolute atomic E-state index is 12.2. The number of amides is 1. The lowest BCUT2D eigenvalue weighted by molar-refractivity contribution is -0.119. The summed E-state index contributed by atoms with van der Waals surface area (Å²) in [5, 5.41) is 14.3. The molecule has 0 radical (unpaired) electrons. The van der Waals surface area contributed by atoms with E-state index in [4.69, 9.17) is 0 Å². The monoisotopic (exact) mass is 369 g/mol. The topological polar surface area (TPSA) is 53.2 Å². The van der Waals surface area contributed by atoms with E-state index in [0.29, 0.717) is 13.1 Å².